The number of ether oxygens (including phenoxy) is 1. The summed E-state index contributed by atoms with van der Waals surface area (Å²) in [6, 6.07) is 5.23. The molecule has 0 fully saturated rings. The van der Waals surface area contributed by atoms with Crippen LogP contribution in [0.2, 0.25) is 5.28 Å². The van der Waals surface area contributed by atoms with Crippen LogP contribution in [0.4, 0.5) is 0 Å². The van der Waals surface area contributed by atoms with E-state index in [1.54, 1.807) is 25.2 Å². The predicted molar refractivity (Wildman–Crippen MR) is 66.6 cm³/mol. The highest BCUT2D eigenvalue weighted by Crippen LogP contribution is 2.21. The molecule has 5 nitrogen and oxygen atoms in total. The topological polar surface area (TPSA) is 56.1 Å². The van der Waals surface area contributed by atoms with Crippen LogP contribution in [0, 0.1) is 0 Å². The molecule has 0 aliphatic rings. The quantitative estimate of drug-likeness (QED) is 0.836. The van der Waals surface area contributed by atoms with Crippen LogP contribution in [0.25, 0.3) is 10.9 Å². The van der Waals surface area contributed by atoms with Crippen LogP contribution in [0.1, 0.15) is 0 Å². The third-order valence-electron chi connectivity index (χ3n) is 2.43. The summed E-state index contributed by atoms with van der Waals surface area (Å²) in [5, 5.41) is 3.46. The Morgan fingerprint density at radius 1 is 1.53 bits per heavy atom. The first-order valence-electron chi connectivity index (χ1n) is 5.06. The van der Waals surface area contributed by atoms with Crippen LogP contribution in [0.3, 0.4) is 0 Å². The van der Waals surface area contributed by atoms with Gasteiger partial charge in [0.1, 0.15) is 11.1 Å². The third kappa shape index (κ3) is 1.99. The van der Waals surface area contributed by atoms with Crippen molar-refractivity contribution in [1.29, 1.82) is 0 Å². The van der Waals surface area contributed by atoms with E-state index in [-0.39, 0.29) is 10.8 Å². The molecule has 1 heterocycles. The van der Waals surface area contributed by atoms with Crippen molar-refractivity contribution in [3.63, 3.8) is 0 Å². The van der Waals surface area contributed by atoms with Gasteiger partial charge in [-0.2, -0.15) is 0 Å². The highest BCUT2D eigenvalue weighted by atomic mass is 35.5. The summed E-state index contributed by atoms with van der Waals surface area (Å²) in [6.07, 6.45) is 0. The number of benzene rings is 1. The standard InChI is InChI=1S/C11H12ClN3O2/c1-13-6-15-10(16)9-7(14-11(15)12)4-3-5-8(9)17-2/h3-5,13H,6H2,1-2H3. The molecule has 1 aromatic heterocycles. The molecule has 6 heteroatoms. The van der Waals surface area contributed by atoms with Crippen LogP contribution < -0.4 is 15.6 Å². The van der Waals surface area contributed by atoms with Crippen LogP contribution in [-0.2, 0) is 6.67 Å². The maximum absolute atomic E-state index is 12.2. The van der Waals surface area contributed by atoms with Gasteiger partial charge in [0.15, 0.2) is 0 Å². The summed E-state index contributed by atoms with van der Waals surface area (Å²) in [4.78, 5) is 16.4. The number of methoxy groups -OCH3 is 1. The van der Waals surface area contributed by atoms with E-state index < -0.39 is 0 Å². The highest BCUT2D eigenvalue weighted by molar-refractivity contribution is 6.28. The molecular weight excluding hydrogens is 242 g/mol. The van der Waals surface area contributed by atoms with Crippen molar-refractivity contribution in [2.45, 2.75) is 6.67 Å². The first-order valence-corrected chi connectivity index (χ1v) is 5.44. The van der Waals surface area contributed by atoms with Gasteiger partial charge in [-0.1, -0.05) is 6.07 Å². The molecular formula is C11H12ClN3O2. The zero-order valence-electron chi connectivity index (χ0n) is 9.53. The fraction of sp³-hybridized carbons (Fsp3) is 0.273. The van der Waals surface area contributed by atoms with Crippen LogP contribution in [0.15, 0.2) is 23.0 Å². The van der Waals surface area contributed by atoms with Crippen LogP contribution in [-0.4, -0.2) is 23.7 Å². The molecule has 0 aliphatic carbocycles. The van der Waals surface area contributed by atoms with E-state index in [0.29, 0.717) is 23.3 Å². The summed E-state index contributed by atoms with van der Waals surface area (Å²) in [7, 11) is 3.25. The Bertz CT molecular complexity index is 609. The number of hydrogen-bond acceptors (Lipinski definition) is 4. The summed E-state index contributed by atoms with van der Waals surface area (Å²) in [6.45, 7) is 0.304. The van der Waals surface area contributed by atoms with Gasteiger partial charge in [-0.25, -0.2) is 4.98 Å². The smallest absolute Gasteiger partial charge is 0.267 e. The molecule has 17 heavy (non-hydrogen) atoms. The lowest BCUT2D eigenvalue weighted by molar-refractivity contribution is 0.419. The summed E-state index contributed by atoms with van der Waals surface area (Å²) < 4.78 is 6.52. The third-order valence-corrected chi connectivity index (χ3v) is 2.72. The minimum Gasteiger partial charge on any atom is -0.496 e. The van der Waals surface area contributed by atoms with Crippen LogP contribution in [0.5, 0.6) is 5.75 Å². The van der Waals surface area contributed by atoms with Crippen molar-refractivity contribution in [1.82, 2.24) is 14.9 Å². The molecule has 1 N–H and O–H groups in total. The van der Waals surface area contributed by atoms with Gasteiger partial charge < -0.3 is 10.1 Å². The molecule has 1 aromatic carbocycles. The van der Waals surface area contributed by atoms with Crippen molar-refractivity contribution in [3.8, 4) is 5.75 Å². The minimum atomic E-state index is -0.216. The average Bonchev–Trinajstić information content (AvgIpc) is 2.33. The first-order chi connectivity index (χ1) is 8.19. The van der Waals surface area contributed by atoms with E-state index in [1.165, 1.54) is 11.7 Å². The van der Waals surface area contributed by atoms with E-state index in [9.17, 15) is 4.79 Å². The highest BCUT2D eigenvalue weighted by Gasteiger charge is 2.12. The Morgan fingerprint density at radius 2 is 2.29 bits per heavy atom. The molecule has 2 rings (SSSR count). The van der Waals surface area contributed by atoms with E-state index in [1.807, 2.05) is 0 Å². The second-order valence-electron chi connectivity index (χ2n) is 3.48. The van der Waals surface area contributed by atoms with Crippen molar-refractivity contribution in [2.75, 3.05) is 14.2 Å². The lowest BCUT2D eigenvalue weighted by atomic mass is 10.2. The Labute approximate surface area is 103 Å². The lowest BCUT2D eigenvalue weighted by Crippen LogP contribution is -2.28. The number of nitrogens with zero attached hydrogens (tertiary/aromatic N) is 2. The maximum Gasteiger partial charge on any atom is 0.267 e. The van der Waals surface area contributed by atoms with Crippen molar-refractivity contribution in [3.05, 3.63) is 33.8 Å². The number of aromatic nitrogens is 2. The summed E-state index contributed by atoms with van der Waals surface area (Å²) in [5.41, 5.74) is 0.318. The SMILES string of the molecule is CNCn1c(Cl)nc2cccc(OC)c2c1=O. The molecule has 0 aliphatic heterocycles. The second-order valence-corrected chi connectivity index (χ2v) is 3.82. The van der Waals surface area contributed by atoms with Crippen LogP contribution >= 0.6 is 11.6 Å². The van der Waals surface area contributed by atoms with Crippen molar-refractivity contribution >= 4 is 22.5 Å². The van der Waals surface area contributed by atoms with Gasteiger partial charge in [-0.05, 0) is 30.8 Å². The largest absolute Gasteiger partial charge is 0.496 e. The predicted octanol–water partition coefficient (Wildman–Crippen LogP) is 1.24. The molecule has 0 saturated heterocycles. The number of nitrogens with one attached hydrogen (secondary N) is 1. The molecule has 0 radical (unpaired) electrons. The number of hydrogen-bond donors (Lipinski definition) is 1. The molecule has 0 amide bonds. The fourth-order valence-corrected chi connectivity index (χ4v) is 1.90. The first kappa shape index (κ1) is 11.9. The Balaban J connectivity index is 2.84. The van der Waals surface area contributed by atoms with E-state index in [2.05, 4.69) is 10.3 Å². The lowest BCUT2D eigenvalue weighted by Gasteiger charge is -2.10. The van der Waals surface area contributed by atoms with Crippen molar-refractivity contribution in [2.24, 2.45) is 0 Å². The number of rotatable bonds is 3. The molecule has 90 valence electrons. The van der Waals surface area contributed by atoms with Gasteiger partial charge in [-0.3, -0.25) is 9.36 Å². The molecule has 0 saturated carbocycles. The van der Waals surface area contributed by atoms with E-state index in [0.717, 1.165) is 0 Å². The number of halogens is 1. The average molecular weight is 254 g/mol. The van der Waals surface area contributed by atoms with E-state index in [4.69, 9.17) is 16.3 Å². The van der Waals surface area contributed by atoms with Gasteiger partial charge in [0, 0.05) is 0 Å². The molecule has 0 spiro atoms. The Hall–Kier alpha value is -1.59. The Kier molecular flexibility index (Phi) is 3.31. The number of fused-ring (bicyclic) bond motifs is 1. The van der Waals surface area contributed by atoms with E-state index >= 15 is 0 Å². The fourth-order valence-electron chi connectivity index (χ4n) is 1.67. The normalized spacial score (nSPS) is 10.8. The molecule has 0 bridgehead atoms. The van der Waals surface area contributed by atoms with Gasteiger partial charge in [0.05, 0.1) is 19.3 Å². The zero-order valence-corrected chi connectivity index (χ0v) is 10.3. The zero-order chi connectivity index (χ0) is 12.4. The monoisotopic (exact) mass is 253 g/mol. The maximum atomic E-state index is 12.2. The van der Waals surface area contributed by atoms with Gasteiger partial charge >= 0.3 is 0 Å². The molecule has 2 aromatic rings. The summed E-state index contributed by atoms with van der Waals surface area (Å²) in [5.74, 6) is 0.501. The van der Waals surface area contributed by atoms with Crippen molar-refractivity contribution < 1.29 is 4.74 Å². The summed E-state index contributed by atoms with van der Waals surface area (Å²) >= 11 is 5.95. The van der Waals surface area contributed by atoms with Gasteiger partial charge in [0.2, 0.25) is 5.28 Å². The Morgan fingerprint density at radius 3 is 2.94 bits per heavy atom. The minimum absolute atomic E-state index is 0.158. The molecule has 0 unspecified atom stereocenters. The van der Waals surface area contributed by atoms with Gasteiger partial charge in [-0.15, -0.1) is 0 Å². The molecule has 0 atom stereocenters. The second kappa shape index (κ2) is 4.73. The van der Waals surface area contributed by atoms with Gasteiger partial charge in [0.25, 0.3) is 5.56 Å².